The van der Waals surface area contributed by atoms with Gasteiger partial charge in [0.15, 0.2) is 0 Å². The van der Waals surface area contributed by atoms with Gasteiger partial charge in [0.05, 0.1) is 34.2 Å². The monoisotopic (exact) mass is 601 g/mol. The molecule has 0 aromatic heterocycles. The van der Waals surface area contributed by atoms with Gasteiger partial charge in [0, 0.05) is 36.0 Å². The highest BCUT2D eigenvalue weighted by Crippen LogP contribution is 2.67. The Labute approximate surface area is 241 Å². The van der Waals surface area contributed by atoms with Gasteiger partial charge >= 0.3 is 0 Å². The summed E-state index contributed by atoms with van der Waals surface area (Å²) in [6.45, 7) is 6.62. The summed E-state index contributed by atoms with van der Waals surface area (Å²) in [5.74, 6) is -3.27. The highest BCUT2D eigenvalue weighted by Gasteiger charge is 2.73. The number of nitrogens with one attached hydrogen (secondary N) is 3. The molecule has 2 saturated heterocycles. The number of aliphatic hydroxyl groups excluding tert-OH is 3. The third-order valence-electron chi connectivity index (χ3n) is 8.44. The summed E-state index contributed by atoms with van der Waals surface area (Å²) >= 11 is 12.3. The smallest absolute Gasteiger partial charge is 0.237 e. The third kappa shape index (κ3) is 5.07. The van der Waals surface area contributed by atoms with Crippen molar-refractivity contribution < 1.29 is 33.7 Å². The minimum Gasteiger partial charge on any atom is -0.394 e. The van der Waals surface area contributed by atoms with Crippen molar-refractivity contribution in [2.24, 2.45) is 16.2 Å². The first-order valence-electron chi connectivity index (χ1n) is 13.1. The Balaban J connectivity index is 1.91. The van der Waals surface area contributed by atoms with Gasteiger partial charge in [0.2, 0.25) is 11.8 Å². The van der Waals surface area contributed by atoms with Crippen molar-refractivity contribution in [2.45, 2.75) is 70.7 Å². The molecule has 4 rings (SSSR count). The minimum absolute atomic E-state index is 0.116. The molecule has 40 heavy (non-hydrogen) atoms. The van der Waals surface area contributed by atoms with Crippen molar-refractivity contribution in [3.8, 4) is 0 Å². The van der Waals surface area contributed by atoms with Gasteiger partial charge in [-0.1, -0.05) is 57.0 Å². The third-order valence-corrected chi connectivity index (χ3v) is 9.05. The summed E-state index contributed by atoms with van der Waals surface area (Å²) in [7, 11) is 0. The van der Waals surface area contributed by atoms with Gasteiger partial charge in [-0.15, -0.1) is 0 Å². The van der Waals surface area contributed by atoms with E-state index in [1.165, 1.54) is 18.2 Å². The molecule has 7 atom stereocenters. The number of hydrogen-bond acceptors (Lipinski definition) is 6. The maximum Gasteiger partial charge on any atom is 0.237 e. The van der Waals surface area contributed by atoms with Gasteiger partial charge < -0.3 is 31.3 Å². The topological polar surface area (TPSA) is 131 Å². The van der Waals surface area contributed by atoms with Crippen LogP contribution in [0.25, 0.3) is 0 Å². The molecule has 8 nitrogen and oxygen atoms in total. The SMILES string of the molecule is CC(C)(C)C[C@H]1N[C@@H](C(=O)NC[C@H](O)[C@H](O)CO)[C@H](c2ccc(F)c(Cl)c2)[C@@]12C(=O)NC1=CC(Cl)=C(F)CC12C. The predicted molar refractivity (Wildman–Crippen MR) is 146 cm³/mol. The van der Waals surface area contributed by atoms with Crippen molar-refractivity contribution in [1.82, 2.24) is 16.0 Å². The van der Waals surface area contributed by atoms with E-state index in [0.717, 1.165) is 6.07 Å². The predicted octanol–water partition coefficient (Wildman–Crippen LogP) is 3.00. The molecule has 1 aromatic carbocycles. The summed E-state index contributed by atoms with van der Waals surface area (Å²) < 4.78 is 29.5. The van der Waals surface area contributed by atoms with E-state index in [9.17, 15) is 24.2 Å². The highest BCUT2D eigenvalue weighted by atomic mass is 35.5. The highest BCUT2D eigenvalue weighted by molar-refractivity contribution is 6.31. The van der Waals surface area contributed by atoms with Gasteiger partial charge in [-0.25, -0.2) is 8.78 Å². The Hall–Kier alpha value is -2.08. The lowest BCUT2D eigenvalue weighted by Gasteiger charge is -2.48. The van der Waals surface area contributed by atoms with Gasteiger partial charge in [-0.3, -0.25) is 9.59 Å². The van der Waals surface area contributed by atoms with E-state index < -0.39 is 71.1 Å². The largest absolute Gasteiger partial charge is 0.394 e. The number of carbonyl (C=O) groups is 2. The zero-order valence-electron chi connectivity index (χ0n) is 22.7. The van der Waals surface area contributed by atoms with Crippen LogP contribution in [-0.2, 0) is 9.59 Å². The molecule has 2 heterocycles. The Morgan fingerprint density at radius 2 is 1.90 bits per heavy atom. The Bertz CT molecular complexity index is 1270. The summed E-state index contributed by atoms with van der Waals surface area (Å²) in [6, 6.07) is 2.22. The van der Waals surface area contributed by atoms with Crippen LogP contribution >= 0.6 is 23.2 Å². The van der Waals surface area contributed by atoms with Crippen molar-refractivity contribution >= 4 is 35.0 Å². The molecule has 12 heteroatoms. The number of fused-ring (bicyclic) bond motifs is 2. The quantitative estimate of drug-likeness (QED) is 0.285. The molecule has 0 bridgehead atoms. The Morgan fingerprint density at radius 3 is 2.50 bits per heavy atom. The zero-order valence-corrected chi connectivity index (χ0v) is 24.2. The normalized spacial score (nSPS) is 31.6. The van der Waals surface area contributed by atoms with Crippen LogP contribution in [0.3, 0.4) is 0 Å². The van der Waals surface area contributed by atoms with Crippen molar-refractivity contribution in [1.29, 1.82) is 0 Å². The number of carbonyl (C=O) groups excluding carboxylic acids is 2. The fourth-order valence-corrected chi connectivity index (χ4v) is 6.98. The maximum atomic E-state index is 15.2. The Morgan fingerprint density at radius 1 is 1.23 bits per heavy atom. The molecule has 1 aromatic rings. The molecule has 2 amide bonds. The number of halogens is 4. The lowest BCUT2D eigenvalue weighted by molar-refractivity contribution is -0.134. The van der Waals surface area contributed by atoms with Crippen LogP contribution in [0.2, 0.25) is 5.02 Å². The molecule has 0 radical (unpaired) electrons. The fourth-order valence-electron chi connectivity index (χ4n) is 6.62. The Kier molecular flexibility index (Phi) is 8.46. The van der Waals surface area contributed by atoms with E-state index in [1.807, 2.05) is 20.8 Å². The van der Waals surface area contributed by atoms with E-state index in [1.54, 1.807) is 6.92 Å². The van der Waals surface area contributed by atoms with Crippen molar-refractivity contribution in [3.05, 3.63) is 57.2 Å². The van der Waals surface area contributed by atoms with Gasteiger partial charge in [-0.2, -0.15) is 0 Å². The molecule has 3 aliphatic rings. The number of allylic oxidation sites excluding steroid dienone is 4. The zero-order chi connectivity index (χ0) is 29.8. The maximum absolute atomic E-state index is 15.2. The minimum atomic E-state index is -1.47. The second kappa shape index (κ2) is 11.0. The first-order chi connectivity index (χ1) is 18.6. The fraction of sp³-hybridized carbons (Fsp3) is 0.571. The molecular formula is C28H35Cl2F2N3O5. The van der Waals surface area contributed by atoms with Crippen molar-refractivity contribution in [3.63, 3.8) is 0 Å². The van der Waals surface area contributed by atoms with Gasteiger partial charge in [0.1, 0.15) is 17.7 Å². The van der Waals surface area contributed by atoms with Crippen LogP contribution in [0, 0.1) is 22.1 Å². The average molecular weight is 603 g/mol. The number of benzene rings is 1. The molecule has 1 aliphatic carbocycles. The van der Waals surface area contributed by atoms with Gasteiger partial charge in [-0.05, 0) is 35.6 Å². The number of amides is 2. The van der Waals surface area contributed by atoms with Crippen LogP contribution in [0.4, 0.5) is 8.78 Å². The first-order valence-corrected chi connectivity index (χ1v) is 13.9. The van der Waals surface area contributed by atoms with E-state index in [0.29, 0.717) is 17.7 Å². The molecule has 1 unspecified atom stereocenters. The first kappa shape index (κ1) is 30.9. The summed E-state index contributed by atoms with van der Waals surface area (Å²) in [6.07, 6.45) is -1.33. The number of rotatable bonds is 7. The van der Waals surface area contributed by atoms with Crippen LogP contribution in [0.5, 0.6) is 0 Å². The molecule has 220 valence electrons. The van der Waals surface area contributed by atoms with Crippen LogP contribution in [-0.4, -0.2) is 64.6 Å². The molecule has 2 aliphatic heterocycles. The molecule has 1 spiro atoms. The van der Waals surface area contributed by atoms with E-state index in [2.05, 4.69) is 16.0 Å². The second-order valence-corrected chi connectivity index (χ2v) is 13.1. The lowest BCUT2D eigenvalue weighted by Crippen LogP contribution is -2.54. The molecule has 2 fully saturated rings. The summed E-state index contributed by atoms with van der Waals surface area (Å²) in [5.41, 5.74) is -2.15. The molecule has 6 N–H and O–H groups in total. The van der Waals surface area contributed by atoms with Crippen LogP contribution in [0.1, 0.15) is 52.0 Å². The second-order valence-electron chi connectivity index (χ2n) is 12.3. The van der Waals surface area contributed by atoms with Crippen LogP contribution < -0.4 is 16.0 Å². The van der Waals surface area contributed by atoms with E-state index in [4.69, 9.17) is 28.3 Å². The van der Waals surface area contributed by atoms with Crippen LogP contribution in [0.15, 0.2) is 40.8 Å². The number of aliphatic hydroxyl groups is 3. The van der Waals surface area contributed by atoms with E-state index in [-0.39, 0.29) is 28.4 Å². The standard InChI is InChI=1S/C28H35Cl2F2N3O5/c1-26(2,3)10-21-28(25(40)35-20-8-15(30)17(32)9-27(20,28)4)22(13-5-6-16(31)14(29)7-13)23(34-21)24(39)33-11-18(37)19(38)12-36/h5-8,18-19,21-23,34,36-38H,9-12H2,1-4H3,(H,33,39)(H,35,40)/t18-,19+,21+,22-,23+,27?,28+/m0/s1. The van der Waals surface area contributed by atoms with Crippen molar-refractivity contribution in [2.75, 3.05) is 13.2 Å². The molecule has 0 saturated carbocycles. The lowest BCUT2D eigenvalue weighted by atomic mass is 9.51. The van der Waals surface area contributed by atoms with Gasteiger partial charge in [0.25, 0.3) is 0 Å². The summed E-state index contributed by atoms with van der Waals surface area (Å²) in [5, 5.41) is 37.5. The molecular weight excluding hydrogens is 567 g/mol. The average Bonchev–Trinajstić information content (AvgIpc) is 3.31. The van der Waals surface area contributed by atoms with E-state index >= 15 is 4.39 Å². The number of hydrogen-bond donors (Lipinski definition) is 6. The summed E-state index contributed by atoms with van der Waals surface area (Å²) in [4.78, 5) is 28.0.